The van der Waals surface area contributed by atoms with Crippen LogP contribution in [0.3, 0.4) is 0 Å². The minimum absolute atomic E-state index is 0.639. The van der Waals surface area contributed by atoms with Gasteiger partial charge in [-0.25, -0.2) is 14.6 Å². The molecule has 0 atom stereocenters. The quantitative estimate of drug-likeness (QED) is 0.515. The van der Waals surface area contributed by atoms with Gasteiger partial charge in [0.05, 0.1) is 37.3 Å². The number of nitrogens with one attached hydrogen (secondary N) is 1. The van der Waals surface area contributed by atoms with Crippen LogP contribution in [0.5, 0.6) is 5.75 Å². The van der Waals surface area contributed by atoms with Crippen LogP contribution in [0.25, 0.3) is 27.9 Å². The summed E-state index contributed by atoms with van der Waals surface area (Å²) in [5, 5.41) is 4.37. The molecule has 2 bridgehead atoms. The zero-order valence-electron chi connectivity index (χ0n) is 15.0. The summed E-state index contributed by atoms with van der Waals surface area (Å²) in [6.07, 6.45) is 6.95. The van der Waals surface area contributed by atoms with Crippen molar-refractivity contribution in [2.45, 2.75) is 6.54 Å². The van der Waals surface area contributed by atoms with E-state index >= 15 is 0 Å². The smallest absolute Gasteiger partial charge is 0.197 e. The summed E-state index contributed by atoms with van der Waals surface area (Å²) in [5.74, 6) is 1.34. The summed E-state index contributed by atoms with van der Waals surface area (Å²) in [4.78, 5) is 18.0. The van der Waals surface area contributed by atoms with E-state index < -0.39 is 0 Å². The van der Waals surface area contributed by atoms with Gasteiger partial charge in [0.25, 0.3) is 0 Å². The van der Waals surface area contributed by atoms with Crippen LogP contribution in [0.2, 0.25) is 0 Å². The molecule has 5 aromatic rings. The van der Waals surface area contributed by atoms with Gasteiger partial charge in [-0.15, -0.1) is 0 Å². The molecule has 8 nitrogen and oxygen atoms in total. The number of ether oxygens (including phenoxy) is 1. The zero-order valence-corrected chi connectivity index (χ0v) is 15.0. The molecule has 0 amide bonds. The van der Waals surface area contributed by atoms with Crippen molar-refractivity contribution in [3.05, 3.63) is 60.7 Å². The Bertz CT molecular complexity index is 1370. The lowest BCUT2D eigenvalue weighted by Gasteiger charge is -2.24. The molecule has 0 unspecified atom stereocenters. The number of methoxy groups -OCH3 is 1. The third-order valence-corrected chi connectivity index (χ3v) is 5.03. The number of fused-ring (bicyclic) bond motifs is 6. The monoisotopic (exact) mass is 369 g/mol. The Labute approximate surface area is 159 Å². The van der Waals surface area contributed by atoms with Crippen molar-refractivity contribution in [1.82, 2.24) is 29.3 Å². The highest BCUT2D eigenvalue weighted by Crippen LogP contribution is 2.32. The maximum Gasteiger partial charge on any atom is 0.197 e. The molecule has 0 spiro atoms. The highest BCUT2D eigenvalue weighted by molar-refractivity contribution is 5.90. The average molecular weight is 369 g/mol. The summed E-state index contributed by atoms with van der Waals surface area (Å²) in [7, 11) is 1.63. The van der Waals surface area contributed by atoms with Crippen LogP contribution in [0.1, 0.15) is 5.56 Å². The number of hydrogen-bond acceptors (Lipinski definition) is 6. The lowest BCUT2D eigenvalue weighted by atomic mass is 10.1. The van der Waals surface area contributed by atoms with Gasteiger partial charge in [-0.05, 0) is 23.8 Å². The molecule has 0 saturated carbocycles. The number of benzene rings is 1. The summed E-state index contributed by atoms with van der Waals surface area (Å²) < 4.78 is 9.61. The van der Waals surface area contributed by atoms with Crippen LogP contribution in [-0.4, -0.2) is 36.4 Å². The van der Waals surface area contributed by atoms with E-state index in [9.17, 15) is 0 Å². The molecule has 1 aromatic carbocycles. The molecule has 28 heavy (non-hydrogen) atoms. The first-order valence-corrected chi connectivity index (χ1v) is 8.89. The Kier molecular flexibility index (Phi) is 2.99. The number of anilines is 2. The van der Waals surface area contributed by atoms with Crippen molar-refractivity contribution in [2.75, 3.05) is 12.4 Å². The van der Waals surface area contributed by atoms with Gasteiger partial charge in [0.1, 0.15) is 11.4 Å². The van der Waals surface area contributed by atoms with Gasteiger partial charge in [-0.2, -0.15) is 0 Å². The van der Waals surface area contributed by atoms with E-state index in [2.05, 4.69) is 47.8 Å². The van der Waals surface area contributed by atoms with E-state index in [-0.39, 0.29) is 0 Å². The second-order valence-electron chi connectivity index (χ2n) is 6.65. The first-order valence-electron chi connectivity index (χ1n) is 8.89. The Balaban J connectivity index is 1.48. The molecule has 1 aliphatic heterocycles. The minimum atomic E-state index is 0.639. The van der Waals surface area contributed by atoms with E-state index in [1.165, 1.54) is 5.56 Å². The third kappa shape index (κ3) is 2.05. The predicted octanol–water partition coefficient (Wildman–Crippen LogP) is 3.28. The second-order valence-corrected chi connectivity index (χ2v) is 6.65. The van der Waals surface area contributed by atoms with Gasteiger partial charge in [0.15, 0.2) is 17.1 Å². The number of rotatable bonds is 3. The third-order valence-electron chi connectivity index (χ3n) is 5.03. The first kappa shape index (κ1) is 15.2. The molecule has 8 heteroatoms. The Morgan fingerprint density at radius 2 is 2.00 bits per heavy atom. The summed E-state index contributed by atoms with van der Waals surface area (Å²) >= 11 is 0. The topological polar surface area (TPSA) is 82.7 Å². The molecule has 0 fully saturated rings. The molecule has 1 aliphatic rings. The molecule has 5 heterocycles. The summed E-state index contributed by atoms with van der Waals surface area (Å²) in [5.41, 5.74) is 5.67. The average Bonchev–Trinajstić information content (AvgIpc) is 2.86. The fraction of sp³-hybridized carbons (Fsp3) is 0.100. The van der Waals surface area contributed by atoms with Gasteiger partial charge in [0.2, 0.25) is 0 Å². The highest BCUT2D eigenvalue weighted by atomic mass is 16.5. The van der Waals surface area contributed by atoms with E-state index in [4.69, 9.17) is 9.72 Å². The molecule has 0 aliphatic carbocycles. The van der Waals surface area contributed by atoms with Crippen LogP contribution in [0, 0.1) is 0 Å². The normalized spacial score (nSPS) is 12.3. The SMILES string of the molecule is COc1ccncc1Nc1cnc2c(n1)n1n2-c2ccnc3ccc(cc23)C1. The van der Waals surface area contributed by atoms with E-state index in [0.29, 0.717) is 11.6 Å². The van der Waals surface area contributed by atoms with Crippen molar-refractivity contribution >= 4 is 33.7 Å². The van der Waals surface area contributed by atoms with E-state index in [0.717, 1.165) is 40.1 Å². The lowest BCUT2D eigenvalue weighted by molar-refractivity contribution is 0.416. The number of aromatic nitrogens is 6. The summed E-state index contributed by atoms with van der Waals surface area (Å²) in [6, 6.07) is 10.2. The van der Waals surface area contributed by atoms with Crippen molar-refractivity contribution in [1.29, 1.82) is 0 Å². The van der Waals surface area contributed by atoms with Crippen molar-refractivity contribution in [3.8, 4) is 11.4 Å². The Morgan fingerprint density at radius 1 is 1.04 bits per heavy atom. The molecule has 136 valence electrons. The van der Waals surface area contributed by atoms with Crippen LogP contribution in [0.15, 0.2) is 55.1 Å². The van der Waals surface area contributed by atoms with Gasteiger partial charge in [-0.1, -0.05) is 6.07 Å². The standard InChI is InChI=1S/C20H15N7O/c1-28-17-5-6-21-9-15(17)24-18-10-23-19-20(25-18)26-11-12-2-3-14-13(8-12)16(27(19)26)4-7-22-14/h2-10H,11H2,1H3,(H,24,25). The van der Waals surface area contributed by atoms with E-state index in [1.54, 1.807) is 31.8 Å². The van der Waals surface area contributed by atoms with Gasteiger partial charge < -0.3 is 10.1 Å². The fourth-order valence-corrected chi connectivity index (χ4v) is 3.74. The first-order chi connectivity index (χ1) is 13.8. The molecular formula is C20H15N7O. The molecule has 0 saturated heterocycles. The van der Waals surface area contributed by atoms with Crippen molar-refractivity contribution < 1.29 is 4.74 Å². The highest BCUT2D eigenvalue weighted by Gasteiger charge is 2.23. The van der Waals surface area contributed by atoms with Crippen LogP contribution in [-0.2, 0) is 6.54 Å². The Morgan fingerprint density at radius 3 is 2.93 bits per heavy atom. The molecule has 1 N–H and O–H groups in total. The molecule has 6 rings (SSSR count). The van der Waals surface area contributed by atoms with Crippen molar-refractivity contribution in [3.63, 3.8) is 0 Å². The maximum atomic E-state index is 5.37. The second kappa shape index (κ2) is 5.53. The molecular weight excluding hydrogens is 354 g/mol. The van der Waals surface area contributed by atoms with Gasteiger partial charge in [0, 0.05) is 23.8 Å². The number of pyridine rings is 2. The predicted molar refractivity (Wildman–Crippen MR) is 105 cm³/mol. The van der Waals surface area contributed by atoms with Gasteiger partial charge >= 0.3 is 0 Å². The van der Waals surface area contributed by atoms with Crippen molar-refractivity contribution in [2.24, 2.45) is 0 Å². The zero-order chi connectivity index (χ0) is 18.7. The van der Waals surface area contributed by atoms with E-state index in [1.807, 2.05) is 12.3 Å². The number of hydrogen-bond donors (Lipinski definition) is 1. The fourth-order valence-electron chi connectivity index (χ4n) is 3.74. The molecule has 0 radical (unpaired) electrons. The van der Waals surface area contributed by atoms with Crippen LogP contribution in [0.4, 0.5) is 11.5 Å². The number of nitrogens with zero attached hydrogens (tertiary/aromatic N) is 6. The maximum absolute atomic E-state index is 5.37. The minimum Gasteiger partial charge on any atom is -0.494 e. The van der Waals surface area contributed by atoms with Gasteiger partial charge in [-0.3, -0.25) is 14.6 Å². The molecule has 4 aromatic heterocycles. The van der Waals surface area contributed by atoms with Crippen LogP contribution >= 0.6 is 0 Å². The Hall–Kier alpha value is -3.94. The lowest BCUT2D eigenvalue weighted by Crippen LogP contribution is -2.24. The largest absolute Gasteiger partial charge is 0.494 e. The van der Waals surface area contributed by atoms with Crippen LogP contribution < -0.4 is 10.1 Å². The summed E-state index contributed by atoms with van der Waals surface area (Å²) in [6.45, 7) is 0.728.